The molecule has 90 valence electrons. The van der Waals surface area contributed by atoms with Gasteiger partial charge >= 0.3 is 0 Å². The second-order valence-electron chi connectivity index (χ2n) is 3.97. The molecule has 0 spiro atoms. The van der Waals surface area contributed by atoms with Gasteiger partial charge in [-0.2, -0.15) is 5.26 Å². The largest absolute Gasteiger partial charge is 0.396 e. The van der Waals surface area contributed by atoms with E-state index in [1.165, 1.54) is 0 Å². The summed E-state index contributed by atoms with van der Waals surface area (Å²) in [6.45, 7) is 1.96. The minimum absolute atomic E-state index is 0.501. The number of hydrogen-bond acceptors (Lipinski definition) is 3. The zero-order valence-corrected chi connectivity index (χ0v) is 10.6. The van der Waals surface area contributed by atoms with E-state index in [-0.39, 0.29) is 0 Å². The maximum Gasteiger partial charge on any atom is 0.0992 e. The van der Waals surface area contributed by atoms with Gasteiger partial charge < -0.3 is 11.1 Å². The number of benzene rings is 2. The molecule has 18 heavy (non-hydrogen) atoms. The van der Waals surface area contributed by atoms with Crippen molar-refractivity contribution in [3.05, 3.63) is 52.5 Å². The molecule has 0 atom stereocenters. The third-order valence-corrected chi connectivity index (χ3v) is 3.02. The van der Waals surface area contributed by atoms with E-state index >= 15 is 0 Å². The number of hydrogen-bond donors (Lipinski definition) is 2. The normalized spacial score (nSPS) is 9.83. The summed E-state index contributed by atoms with van der Waals surface area (Å²) < 4.78 is 0. The van der Waals surface area contributed by atoms with Crippen LogP contribution in [0.5, 0.6) is 0 Å². The molecule has 0 saturated heterocycles. The van der Waals surface area contributed by atoms with Gasteiger partial charge in [-0.3, -0.25) is 0 Å². The second-order valence-corrected chi connectivity index (χ2v) is 4.37. The Hall–Kier alpha value is -2.18. The molecule has 0 saturated carbocycles. The van der Waals surface area contributed by atoms with Gasteiger partial charge in [-0.25, -0.2) is 0 Å². The van der Waals surface area contributed by atoms with Crippen molar-refractivity contribution in [1.82, 2.24) is 0 Å². The Kier molecular flexibility index (Phi) is 3.40. The van der Waals surface area contributed by atoms with Gasteiger partial charge in [0.15, 0.2) is 0 Å². The maximum absolute atomic E-state index is 8.89. The SMILES string of the molecule is Cc1ccc(C#N)cc1Nc1cccc(Cl)c1N. The van der Waals surface area contributed by atoms with E-state index in [0.29, 0.717) is 16.3 Å². The van der Waals surface area contributed by atoms with Crippen molar-refractivity contribution in [1.29, 1.82) is 5.26 Å². The smallest absolute Gasteiger partial charge is 0.0992 e. The average molecular weight is 258 g/mol. The molecule has 0 aromatic heterocycles. The number of aryl methyl sites for hydroxylation is 1. The zero-order chi connectivity index (χ0) is 13.1. The van der Waals surface area contributed by atoms with Crippen LogP contribution in [0.3, 0.4) is 0 Å². The average Bonchev–Trinajstić information content (AvgIpc) is 2.37. The molecule has 0 aliphatic rings. The lowest BCUT2D eigenvalue weighted by Crippen LogP contribution is -1.98. The van der Waals surface area contributed by atoms with Gasteiger partial charge in [0.25, 0.3) is 0 Å². The van der Waals surface area contributed by atoms with E-state index < -0.39 is 0 Å². The van der Waals surface area contributed by atoms with E-state index in [0.717, 1.165) is 16.9 Å². The van der Waals surface area contributed by atoms with Crippen molar-refractivity contribution in [3.63, 3.8) is 0 Å². The fraction of sp³-hybridized carbons (Fsp3) is 0.0714. The van der Waals surface area contributed by atoms with Crippen LogP contribution < -0.4 is 11.1 Å². The molecule has 0 fully saturated rings. The van der Waals surface area contributed by atoms with Gasteiger partial charge in [0.1, 0.15) is 0 Å². The van der Waals surface area contributed by atoms with Crippen LogP contribution in [0.1, 0.15) is 11.1 Å². The summed E-state index contributed by atoms with van der Waals surface area (Å²) in [5.74, 6) is 0. The van der Waals surface area contributed by atoms with Gasteiger partial charge in [0.2, 0.25) is 0 Å². The summed E-state index contributed by atoms with van der Waals surface area (Å²) in [5.41, 5.74) is 9.62. The lowest BCUT2D eigenvalue weighted by Gasteiger charge is -2.12. The molecule has 0 radical (unpaired) electrons. The van der Waals surface area contributed by atoms with Crippen LogP contribution in [0.4, 0.5) is 17.1 Å². The second kappa shape index (κ2) is 4.99. The van der Waals surface area contributed by atoms with E-state index in [4.69, 9.17) is 22.6 Å². The van der Waals surface area contributed by atoms with Crippen LogP contribution in [0, 0.1) is 18.3 Å². The number of halogens is 1. The maximum atomic E-state index is 8.89. The number of nitrogens with one attached hydrogen (secondary N) is 1. The zero-order valence-electron chi connectivity index (χ0n) is 9.87. The Morgan fingerprint density at radius 1 is 1.22 bits per heavy atom. The highest BCUT2D eigenvalue weighted by molar-refractivity contribution is 6.33. The van der Waals surface area contributed by atoms with E-state index in [2.05, 4.69) is 11.4 Å². The number of para-hydroxylation sites is 1. The van der Waals surface area contributed by atoms with Crippen molar-refractivity contribution >= 4 is 28.7 Å². The van der Waals surface area contributed by atoms with Crippen LogP contribution in [-0.4, -0.2) is 0 Å². The first-order valence-corrected chi connectivity index (χ1v) is 5.81. The standard InChI is InChI=1S/C14H12ClN3/c1-9-5-6-10(8-16)7-13(9)18-12-4-2-3-11(15)14(12)17/h2-7,18H,17H2,1H3. The summed E-state index contributed by atoms with van der Waals surface area (Å²) in [5, 5.41) is 12.6. The number of nitrogens with zero attached hydrogens (tertiary/aromatic N) is 1. The van der Waals surface area contributed by atoms with Gasteiger partial charge in [-0.15, -0.1) is 0 Å². The molecule has 0 bridgehead atoms. The molecule has 3 nitrogen and oxygen atoms in total. The van der Waals surface area contributed by atoms with Crippen LogP contribution in [0.15, 0.2) is 36.4 Å². The summed E-state index contributed by atoms with van der Waals surface area (Å²) in [6.07, 6.45) is 0. The fourth-order valence-corrected chi connectivity index (χ4v) is 1.79. The van der Waals surface area contributed by atoms with Crippen LogP contribution in [0.25, 0.3) is 0 Å². The van der Waals surface area contributed by atoms with Crippen molar-refractivity contribution in [3.8, 4) is 6.07 Å². The summed E-state index contributed by atoms with van der Waals surface area (Å²) >= 11 is 5.96. The van der Waals surface area contributed by atoms with Crippen LogP contribution in [-0.2, 0) is 0 Å². The van der Waals surface area contributed by atoms with Gasteiger partial charge in [-0.1, -0.05) is 23.7 Å². The number of nitrogens with two attached hydrogens (primary N) is 1. The number of rotatable bonds is 2. The molecule has 0 aliphatic heterocycles. The topological polar surface area (TPSA) is 61.8 Å². The predicted octanol–water partition coefficient (Wildman–Crippen LogP) is 3.85. The third-order valence-electron chi connectivity index (χ3n) is 2.69. The van der Waals surface area contributed by atoms with Crippen molar-refractivity contribution in [2.24, 2.45) is 0 Å². The Labute approximate surface area is 111 Å². The van der Waals surface area contributed by atoms with Gasteiger partial charge in [-0.05, 0) is 36.8 Å². The molecule has 2 aromatic rings. The van der Waals surface area contributed by atoms with Crippen molar-refractivity contribution in [2.45, 2.75) is 6.92 Å². The molecular weight excluding hydrogens is 246 g/mol. The monoisotopic (exact) mass is 257 g/mol. The van der Waals surface area contributed by atoms with E-state index in [1.807, 2.05) is 25.1 Å². The Morgan fingerprint density at radius 3 is 2.72 bits per heavy atom. The number of anilines is 3. The molecule has 0 aliphatic carbocycles. The van der Waals surface area contributed by atoms with Crippen molar-refractivity contribution < 1.29 is 0 Å². The summed E-state index contributed by atoms with van der Waals surface area (Å²) in [6, 6.07) is 13.0. The fourth-order valence-electron chi connectivity index (χ4n) is 1.62. The Morgan fingerprint density at radius 2 is 2.00 bits per heavy atom. The van der Waals surface area contributed by atoms with Gasteiger partial charge in [0.05, 0.1) is 28.0 Å². The molecule has 4 heteroatoms. The lowest BCUT2D eigenvalue weighted by atomic mass is 10.1. The highest BCUT2D eigenvalue weighted by atomic mass is 35.5. The first kappa shape index (κ1) is 12.3. The van der Waals surface area contributed by atoms with Crippen molar-refractivity contribution in [2.75, 3.05) is 11.1 Å². The first-order valence-electron chi connectivity index (χ1n) is 5.43. The number of nitrogen functional groups attached to an aromatic ring is 1. The summed E-state index contributed by atoms with van der Waals surface area (Å²) in [4.78, 5) is 0. The summed E-state index contributed by atoms with van der Waals surface area (Å²) in [7, 11) is 0. The minimum Gasteiger partial charge on any atom is -0.396 e. The number of nitriles is 1. The predicted molar refractivity (Wildman–Crippen MR) is 75.0 cm³/mol. The molecule has 2 rings (SSSR count). The Balaban J connectivity index is 2.40. The first-order chi connectivity index (χ1) is 8.61. The molecule has 3 N–H and O–H groups in total. The van der Waals surface area contributed by atoms with Crippen LogP contribution in [0.2, 0.25) is 5.02 Å². The molecule has 0 unspecified atom stereocenters. The van der Waals surface area contributed by atoms with Crippen LogP contribution >= 0.6 is 11.6 Å². The van der Waals surface area contributed by atoms with Gasteiger partial charge in [0, 0.05) is 5.69 Å². The molecular formula is C14H12ClN3. The lowest BCUT2D eigenvalue weighted by molar-refractivity contribution is 1.40. The van der Waals surface area contributed by atoms with E-state index in [1.54, 1.807) is 18.2 Å². The molecule has 0 heterocycles. The third kappa shape index (κ3) is 2.39. The molecule has 2 aromatic carbocycles. The highest BCUT2D eigenvalue weighted by Crippen LogP contribution is 2.30. The quantitative estimate of drug-likeness (QED) is 0.804. The van der Waals surface area contributed by atoms with E-state index in [9.17, 15) is 0 Å². The highest BCUT2D eigenvalue weighted by Gasteiger charge is 2.05. The minimum atomic E-state index is 0.501. The molecule has 0 amide bonds. The Bertz CT molecular complexity index is 629.